The van der Waals surface area contributed by atoms with E-state index in [1.54, 1.807) is 13.2 Å². The predicted molar refractivity (Wildman–Crippen MR) is 71.1 cm³/mol. The lowest BCUT2D eigenvalue weighted by molar-refractivity contribution is 0.281. The summed E-state index contributed by atoms with van der Waals surface area (Å²) in [7, 11) is 1.63. The molecule has 19 heavy (non-hydrogen) atoms. The Labute approximate surface area is 111 Å². The number of nitrogens with zero attached hydrogens (tertiary/aromatic N) is 1. The van der Waals surface area contributed by atoms with Gasteiger partial charge in [0.15, 0.2) is 11.5 Å². The van der Waals surface area contributed by atoms with Crippen molar-refractivity contribution < 1.29 is 14.0 Å². The van der Waals surface area contributed by atoms with Crippen molar-refractivity contribution in [2.75, 3.05) is 19.5 Å². The first-order valence-electron chi connectivity index (χ1n) is 6.30. The molecule has 100 valence electrons. The Morgan fingerprint density at radius 3 is 2.89 bits per heavy atom. The van der Waals surface area contributed by atoms with Gasteiger partial charge in [-0.3, -0.25) is 0 Å². The van der Waals surface area contributed by atoms with Gasteiger partial charge in [-0.05, 0) is 30.9 Å². The fraction of sp³-hybridized carbons (Fsp3) is 0.357. The number of aromatic nitrogens is 1. The first-order valence-corrected chi connectivity index (χ1v) is 6.30. The van der Waals surface area contributed by atoms with Crippen LogP contribution in [0.25, 0.3) is 11.3 Å². The topological polar surface area (TPSA) is 70.5 Å². The van der Waals surface area contributed by atoms with Gasteiger partial charge in [-0.15, -0.1) is 0 Å². The van der Waals surface area contributed by atoms with Gasteiger partial charge in [0.1, 0.15) is 5.69 Å². The first kappa shape index (κ1) is 11.9. The highest BCUT2D eigenvalue weighted by Gasteiger charge is 2.24. The molecule has 0 radical (unpaired) electrons. The summed E-state index contributed by atoms with van der Waals surface area (Å²) in [6.07, 6.45) is 2.47. The van der Waals surface area contributed by atoms with E-state index in [9.17, 15) is 0 Å². The maximum absolute atomic E-state index is 5.90. The highest BCUT2D eigenvalue weighted by Crippen LogP contribution is 2.39. The zero-order valence-electron chi connectivity index (χ0n) is 10.8. The summed E-state index contributed by atoms with van der Waals surface area (Å²) >= 11 is 0. The molecule has 1 aromatic carbocycles. The van der Waals surface area contributed by atoms with Crippen LogP contribution in [-0.2, 0) is 0 Å². The Balaban J connectivity index is 1.96. The lowest BCUT2D eigenvalue weighted by Crippen LogP contribution is -2.02. The molecule has 1 aliphatic rings. The zero-order chi connectivity index (χ0) is 13.2. The Morgan fingerprint density at radius 2 is 2.26 bits per heavy atom. The Morgan fingerprint density at radius 1 is 1.42 bits per heavy atom. The summed E-state index contributed by atoms with van der Waals surface area (Å²) in [6, 6.07) is 7.36. The van der Waals surface area contributed by atoms with Crippen LogP contribution in [0.2, 0.25) is 0 Å². The van der Waals surface area contributed by atoms with Crippen molar-refractivity contribution in [1.82, 2.24) is 5.16 Å². The molecule has 0 atom stereocenters. The van der Waals surface area contributed by atoms with Gasteiger partial charge < -0.3 is 19.7 Å². The van der Waals surface area contributed by atoms with Crippen LogP contribution in [0, 0.1) is 5.92 Å². The summed E-state index contributed by atoms with van der Waals surface area (Å²) in [5.41, 5.74) is 7.06. The van der Waals surface area contributed by atoms with Crippen LogP contribution in [0.15, 0.2) is 28.8 Å². The highest BCUT2D eigenvalue weighted by molar-refractivity contribution is 5.72. The van der Waals surface area contributed by atoms with E-state index in [0.717, 1.165) is 5.56 Å². The second kappa shape index (κ2) is 4.84. The summed E-state index contributed by atoms with van der Waals surface area (Å²) in [5, 5.41) is 3.93. The third kappa shape index (κ3) is 2.50. The molecule has 0 aliphatic heterocycles. The molecule has 0 amide bonds. The molecule has 0 bridgehead atoms. The van der Waals surface area contributed by atoms with Crippen LogP contribution in [0.5, 0.6) is 11.5 Å². The first-order chi connectivity index (χ1) is 9.28. The molecule has 5 heteroatoms. The third-order valence-corrected chi connectivity index (χ3v) is 3.16. The van der Waals surface area contributed by atoms with Gasteiger partial charge in [-0.1, -0.05) is 11.2 Å². The Hall–Kier alpha value is -2.17. The van der Waals surface area contributed by atoms with Gasteiger partial charge >= 0.3 is 0 Å². The molecule has 1 aromatic heterocycles. The molecule has 0 unspecified atom stereocenters. The second-order valence-electron chi connectivity index (χ2n) is 4.71. The van der Waals surface area contributed by atoms with Crippen molar-refractivity contribution in [1.29, 1.82) is 0 Å². The average molecular weight is 260 g/mol. The minimum Gasteiger partial charge on any atom is -0.493 e. The number of rotatable bonds is 5. The van der Waals surface area contributed by atoms with Crippen LogP contribution < -0.4 is 15.2 Å². The molecule has 2 N–H and O–H groups in total. The van der Waals surface area contributed by atoms with E-state index in [2.05, 4.69) is 5.16 Å². The second-order valence-corrected chi connectivity index (χ2v) is 4.71. The van der Waals surface area contributed by atoms with Gasteiger partial charge in [0.2, 0.25) is 5.88 Å². The standard InChI is InChI=1S/C14H16N2O3/c1-17-12-4-2-3-10(11-7-13(15)19-16-11)14(12)18-8-9-5-6-9/h2-4,7,9H,5-6,8,15H2,1H3. The predicted octanol–water partition coefficient (Wildman–Crippen LogP) is 2.72. The molecule has 1 aliphatic carbocycles. The fourth-order valence-electron chi connectivity index (χ4n) is 1.93. The van der Waals surface area contributed by atoms with Crippen LogP contribution >= 0.6 is 0 Å². The molecule has 0 spiro atoms. The average Bonchev–Trinajstić information content (AvgIpc) is 3.16. The highest BCUT2D eigenvalue weighted by atomic mass is 16.5. The van der Waals surface area contributed by atoms with Crippen LogP contribution in [0.3, 0.4) is 0 Å². The van der Waals surface area contributed by atoms with Crippen molar-refractivity contribution in [3.63, 3.8) is 0 Å². The van der Waals surface area contributed by atoms with Gasteiger partial charge in [0.05, 0.1) is 13.7 Å². The molecule has 1 heterocycles. The van der Waals surface area contributed by atoms with Crippen LogP contribution in [0.4, 0.5) is 5.88 Å². The van der Waals surface area contributed by atoms with E-state index in [4.69, 9.17) is 19.7 Å². The quantitative estimate of drug-likeness (QED) is 0.895. The Bertz CT molecular complexity index is 576. The molecule has 1 fully saturated rings. The van der Waals surface area contributed by atoms with Crippen molar-refractivity contribution in [3.8, 4) is 22.8 Å². The summed E-state index contributed by atoms with van der Waals surface area (Å²) in [5.74, 6) is 2.34. The SMILES string of the molecule is COc1cccc(-c2cc(N)on2)c1OCC1CC1. The smallest absolute Gasteiger partial charge is 0.222 e. The summed E-state index contributed by atoms with van der Waals surface area (Å²) < 4.78 is 16.2. The van der Waals surface area contributed by atoms with Gasteiger partial charge in [-0.2, -0.15) is 0 Å². The fourth-order valence-corrected chi connectivity index (χ4v) is 1.93. The molecular formula is C14H16N2O3. The number of methoxy groups -OCH3 is 1. The van der Waals surface area contributed by atoms with E-state index < -0.39 is 0 Å². The molecular weight excluding hydrogens is 244 g/mol. The third-order valence-electron chi connectivity index (χ3n) is 3.16. The zero-order valence-corrected chi connectivity index (χ0v) is 10.8. The van der Waals surface area contributed by atoms with Gasteiger partial charge in [0.25, 0.3) is 0 Å². The lowest BCUT2D eigenvalue weighted by atomic mass is 10.1. The number of hydrogen-bond acceptors (Lipinski definition) is 5. The number of anilines is 1. The minimum atomic E-state index is 0.283. The maximum atomic E-state index is 5.90. The number of benzene rings is 1. The summed E-state index contributed by atoms with van der Waals surface area (Å²) in [4.78, 5) is 0. The number of para-hydroxylation sites is 1. The lowest BCUT2D eigenvalue weighted by Gasteiger charge is -2.13. The molecule has 3 rings (SSSR count). The number of hydrogen-bond donors (Lipinski definition) is 1. The Kier molecular flexibility index (Phi) is 3.03. The monoisotopic (exact) mass is 260 g/mol. The van der Waals surface area contributed by atoms with Crippen LogP contribution in [-0.4, -0.2) is 18.9 Å². The van der Waals surface area contributed by atoms with Gasteiger partial charge in [0, 0.05) is 11.6 Å². The van der Waals surface area contributed by atoms with Crippen molar-refractivity contribution >= 4 is 5.88 Å². The van der Waals surface area contributed by atoms with Crippen molar-refractivity contribution in [2.45, 2.75) is 12.8 Å². The van der Waals surface area contributed by atoms with E-state index >= 15 is 0 Å². The van der Waals surface area contributed by atoms with E-state index in [-0.39, 0.29) is 5.88 Å². The van der Waals surface area contributed by atoms with E-state index in [0.29, 0.717) is 29.7 Å². The molecule has 1 saturated carbocycles. The number of nitrogens with two attached hydrogens (primary N) is 1. The minimum absolute atomic E-state index is 0.283. The van der Waals surface area contributed by atoms with E-state index in [1.165, 1.54) is 12.8 Å². The molecule has 0 saturated heterocycles. The van der Waals surface area contributed by atoms with E-state index in [1.807, 2.05) is 18.2 Å². The number of ether oxygens (including phenoxy) is 2. The normalized spacial score (nSPS) is 14.4. The number of nitrogen functional groups attached to an aromatic ring is 1. The summed E-state index contributed by atoms with van der Waals surface area (Å²) in [6.45, 7) is 0.709. The molecule has 2 aromatic rings. The molecule has 5 nitrogen and oxygen atoms in total. The van der Waals surface area contributed by atoms with Crippen molar-refractivity contribution in [3.05, 3.63) is 24.3 Å². The van der Waals surface area contributed by atoms with Crippen molar-refractivity contribution in [2.24, 2.45) is 5.92 Å². The largest absolute Gasteiger partial charge is 0.493 e. The maximum Gasteiger partial charge on any atom is 0.222 e. The van der Waals surface area contributed by atoms with Gasteiger partial charge in [-0.25, -0.2) is 0 Å². The van der Waals surface area contributed by atoms with Crippen LogP contribution in [0.1, 0.15) is 12.8 Å².